The van der Waals surface area contributed by atoms with Gasteiger partial charge in [-0.05, 0) is 30.4 Å². The number of rotatable bonds is 7. The highest BCUT2D eigenvalue weighted by molar-refractivity contribution is 6.19. The molecule has 0 fully saturated rings. The van der Waals surface area contributed by atoms with Crippen LogP contribution in [0.2, 0.25) is 0 Å². The van der Waals surface area contributed by atoms with Crippen molar-refractivity contribution in [2.24, 2.45) is 0 Å². The highest BCUT2D eigenvalue weighted by atomic mass is 16.6. The van der Waals surface area contributed by atoms with Gasteiger partial charge in [0.05, 0.1) is 0 Å². The quantitative estimate of drug-likeness (QED) is 0.620. The number of carbonyl (C=O) groups excluding carboxylic acids is 2. The molecule has 1 heterocycles. The number of hydrogen-bond donors (Lipinski definition) is 1. The average Bonchev–Trinajstić information content (AvgIpc) is 2.93. The summed E-state index contributed by atoms with van der Waals surface area (Å²) in [7, 11) is 0. The van der Waals surface area contributed by atoms with Gasteiger partial charge in [-0.1, -0.05) is 60.7 Å². The van der Waals surface area contributed by atoms with Crippen LogP contribution in [0.4, 0.5) is 0 Å². The van der Waals surface area contributed by atoms with Gasteiger partial charge in [-0.2, -0.15) is 0 Å². The Balaban J connectivity index is 1.62. The van der Waals surface area contributed by atoms with Gasteiger partial charge in [-0.15, -0.1) is 0 Å². The number of aliphatic hydroxyl groups excluding tert-OH is 1. The third kappa shape index (κ3) is 4.15. The zero-order valence-electron chi connectivity index (χ0n) is 13.9. The van der Waals surface area contributed by atoms with E-state index in [2.05, 4.69) is 0 Å². The van der Waals surface area contributed by atoms with E-state index >= 15 is 0 Å². The fraction of sp³-hybridized carbons (Fsp3) is 0.238. The molecule has 1 unspecified atom stereocenters. The minimum absolute atomic E-state index is 0.171. The summed E-state index contributed by atoms with van der Waals surface area (Å²) in [5.41, 5.74) is 1.92. The minimum atomic E-state index is -0.733. The van der Waals surface area contributed by atoms with Crippen molar-refractivity contribution in [2.75, 3.05) is 0 Å². The van der Waals surface area contributed by atoms with Crippen LogP contribution in [-0.2, 0) is 27.2 Å². The van der Waals surface area contributed by atoms with E-state index in [1.165, 1.54) is 0 Å². The summed E-state index contributed by atoms with van der Waals surface area (Å²) in [5, 5.41) is 10.3. The summed E-state index contributed by atoms with van der Waals surface area (Å²) in [6.07, 6.45) is 1.08. The van der Waals surface area contributed by atoms with Gasteiger partial charge < -0.3 is 9.84 Å². The molecular weight excluding hydrogens is 316 g/mol. The number of aryl methyl sites for hydroxylation is 2. The maximum absolute atomic E-state index is 12.3. The van der Waals surface area contributed by atoms with Gasteiger partial charge in [0, 0.05) is 6.42 Å². The lowest BCUT2D eigenvalue weighted by Crippen LogP contribution is -2.13. The Morgan fingerprint density at radius 3 is 2.08 bits per heavy atom. The molecule has 2 aromatic rings. The van der Waals surface area contributed by atoms with Gasteiger partial charge in [-0.25, -0.2) is 4.79 Å². The van der Waals surface area contributed by atoms with Crippen LogP contribution in [0.5, 0.6) is 0 Å². The Labute approximate surface area is 146 Å². The van der Waals surface area contributed by atoms with Crippen LogP contribution in [-0.4, -0.2) is 23.0 Å². The molecule has 0 amide bonds. The normalized spacial score (nSPS) is 16.8. The van der Waals surface area contributed by atoms with Crippen LogP contribution in [0.25, 0.3) is 0 Å². The van der Waals surface area contributed by atoms with Crippen LogP contribution in [0, 0.1) is 0 Å². The fourth-order valence-corrected chi connectivity index (χ4v) is 2.93. The standard InChI is InChI=1S/C21H20O4/c22-17(13-11-15-7-3-1-4-8-15)19-20(23)18(25-21(19)24)14-12-16-9-5-2-6-10-16/h1-10,18,23H,11-14H2. The molecule has 0 bridgehead atoms. The summed E-state index contributed by atoms with van der Waals surface area (Å²) in [4.78, 5) is 24.3. The van der Waals surface area contributed by atoms with E-state index in [1.54, 1.807) is 0 Å². The van der Waals surface area contributed by atoms with E-state index < -0.39 is 12.1 Å². The van der Waals surface area contributed by atoms with Crippen LogP contribution in [0.15, 0.2) is 72.0 Å². The molecule has 0 radical (unpaired) electrons. The number of carbonyl (C=O) groups is 2. The third-order valence-electron chi connectivity index (χ3n) is 4.31. The monoisotopic (exact) mass is 336 g/mol. The summed E-state index contributed by atoms with van der Waals surface area (Å²) in [5.74, 6) is -1.30. The van der Waals surface area contributed by atoms with Gasteiger partial charge in [0.1, 0.15) is 5.57 Å². The first kappa shape index (κ1) is 17.0. The minimum Gasteiger partial charge on any atom is -0.507 e. The molecule has 1 N–H and O–H groups in total. The lowest BCUT2D eigenvalue weighted by Gasteiger charge is -2.09. The molecule has 3 rings (SSSR count). The Hall–Kier alpha value is -2.88. The largest absolute Gasteiger partial charge is 0.507 e. The topological polar surface area (TPSA) is 63.6 Å². The lowest BCUT2D eigenvalue weighted by molar-refractivity contribution is -0.141. The molecule has 4 nitrogen and oxygen atoms in total. The second kappa shape index (κ2) is 7.79. The number of esters is 1. The molecule has 0 saturated heterocycles. The van der Waals surface area contributed by atoms with Crippen LogP contribution >= 0.6 is 0 Å². The highest BCUT2D eigenvalue weighted by Gasteiger charge is 2.37. The molecule has 1 aliphatic rings. The van der Waals surface area contributed by atoms with E-state index in [0.29, 0.717) is 19.3 Å². The Morgan fingerprint density at radius 1 is 0.920 bits per heavy atom. The van der Waals surface area contributed by atoms with Crippen molar-refractivity contribution in [1.82, 2.24) is 0 Å². The molecule has 128 valence electrons. The number of aliphatic hydroxyl groups is 1. The average molecular weight is 336 g/mol. The summed E-state index contributed by atoms with van der Waals surface area (Å²) in [6, 6.07) is 19.3. The van der Waals surface area contributed by atoms with Crippen molar-refractivity contribution in [3.63, 3.8) is 0 Å². The summed E-state index contributed by atoms with van der Waals surface area (Å²) in [6.45, 7) is 0. The maximum atomic E-state index is 12.3. The highest BCUT2D eigenvalue weighted by Crippen LogP contribution is 2.26. The van der Waals surface area contributed by atoms with Crippen molar-refractivity contribution in [1.29, 1.82) is 0 Å². The van der Waals surface area contributed by atoms with Crippen LogP contribution < -0.4 is 0 Å². The van der Waals surface area contributed by atoms with Crippen molar-refractivity contribution in [3.8, 4) is 0 Å². The third-order valence-corrected chi connectivity index (χ3v) is 4.31. The SMILES string of the molecule is O=C(CCc1ccccc1)C1=C(O)C(CCc2ccccc2)OC1=O. The first-order chi connectivity index (χ1) is 12.1. The molecule has 1 aliphatic heterocycles. The lowest BCUT2D eigenvalue weighted by atomic mass is 10.0. The van der Waals surface area contributed by atoms with E-state index in [0.717, 1.165) is 11.1 Å². The van der Waals surface area contributed by atoms with Crippen molar-refractivity contribution in [2.45, 2.75) is 31.8 Å². The molecule has 1 atom stereocenters. The zero-order valence-corrected chi connectivity index (χ0v) is 13.9. The van der Waals surface area contributed by atoms with Gasteiger partial charge in [0.2, 0.25) is 0 Å². The number of ketones is 1. The molecule has 4 heteroatoms. The predicted octanol–water partition coefficient (Wildman–Crippen LogP) is 3.56. The molecule has 0 saturated carbocycles. The van der Waals surface area contributed by atoms with E-state index in [9.17, 15) is 14.7 Å². The second-order valence-electron chi connectivity index (χ2n) is 6.09. The van der Waals surface area contributed by atoms with E-state index in [-0.39, 0.29) is 23.5 Å². The van der Waals surface area contributed by atoms with E-state index in [4.69, 9.17) is 4.74 Å². The Morgan fingerprint density at radius 2 is 1.48 bits per heavy atom. The number of Topliss-reactive ketones (excluding diaryl/α,β-unsaturated/α-hetero) is 1. The van der Waals surface area contributed by atoms with Crippen molar-refractivity contribution < 1.29 is 19.4 Å². The second-order valence-corrected chi connectivity index (χ2v) is 6.09. The Bertz CT molecular complexity index is 778. The van der Waals surface area contributed by atoms with Gasteiger partial charge in [0.15, 0.2) is 17.6 Å². The molecule has 0 aromatic heterocycles. The molecule has 0 spiro atoms. The molecular formula is C21H20O4. The Kier molecular flexibility index (Phi) is 5.29. The van der Waals surface area contributed by atoms with Gasteiger partial charge >= 0.3 is 5.97 Å². The number of ether oxygens (including phenoxy) is 1. The maximum Gasteiger partial charge on any atom is 0.346 e. The summed E-state index contributed by atoms with van der Waals surface area (Å²) >= 11 is 0. The number of hydrogen-bond acceptors (Lipinski definition) is 4. The summed E-state index contributed by atoms with van der Waals surface area (Å²) < 4.78 is 5.20. The van der Waals surface area contributed by atoms with E-state index in [1.807, 2.05) is 60.7 Å². The number of benzene rings is 2. The smallest absolute Gasteiger partial charge is 0.346 e. The zero-order chi connectivity index (χ0) is 17.6. The molecule has 2 aromatic carbocycles. The first-order valence-corrected chi connectivity index (χ1v) is 8.40. The van der Waals surface area contributed by atoms with Gasteiger partial charge in [0.25, 0.3) is 0 Å². The van der Waals surface area contributed by atoms with Crippen molar-refractivity contribution >= 4 is 11.8 Å². The van der Waals surface area contributed by atoms with Crippen LogP contribution in [0.1, 0.15) is 24.0 Å². The fourth-order valence-electron chi connectivity index (χ4n) is 2.93. The first-order valence-electron chi connectivity index (χ1n) is 8.40. The molecule has 0 aliphatic carbocycles. The van der Waals surface area contributed by atoms with Crippen molar-refractivity contribution in [3.05, 3.63) is 83.1 Å². The predicted molar refractivity (Wildman–Crippen MR) is 94.1 cm³/mol. The van der Waals surface area contributed by atoms with Gasteiger partial charge in [-0.3, -0.25) is 4.79 Å². The van der Waals surface area contributed by atoms with Crippen LogP contribution in [0.3, 0.4) is 0 Å². The number of cyclic esters (lactones) is 1. The molecule has 25 heavy (non-hydrogen) atoms.